The van der Waals surface area contributed by atoms with E-state index in [1.807, 2.05) is 48.5 Å². The van der Waals surface area contributed by atoms with Crippen LogP contribution in [0.4, 0.5) is 0 Å². The summed E-state index contributed by atoms with van der Waals surface area (Å²) in [6.07, 6.45) is 0. The Morgan fingerprint density at radius 1 is 1.06 bits per heavy atom. The number of carbonyl (C=O) groups is 1. The zero-order valence-corrected chi connectivity index (χ0v) is 12.4. The molecule has 0 radical (unpaired) electrons. The summed E-state index contributed by atoms with van der Waals surface area (Å²) < 4.78 is 8.80. The molecule has 1 heterocycles. The van der Waals surface area contributed by atoms with Crippen LogP contribution in [0.25, 0.3) is 0 Å². The van der Waals surface area contributed by atoms with E-state index in [9.17, 15) is 4.79 Å². The predicted octanol–water partition coefficient (Wildman–Crippen LogP) is 4.08. The van der Waals surface area contributed by atoms with Crippen LogP contribution in [0.3, 0.4) is 0 Å². The van der Waals surface area contributed by atoms with E-state index in [0.717, 1.165) is 17.2 Å². The molecule has 0 atom stereocenters. The van der Waals surface area contributed by atoms with Crippen molar-refractivity contribution in [2.24, 2.45) is 0 Å². The van der Waals surface area contributed by atoms with Crippen LogP contribution in [0.1, 0.15) is 10.4 Å². The number of carbonyl (C=O) groups excluding carboxylic acids is 1. The summed E-state index contributed by atoms with van der Waals surface area (Å²) in [5.41, 5.74) is 0.724. The molecule has 2 aromatic rings. The van der Waals surface area contributed by atoms with Gasteiger partial charge in [-0.1, -0.05) is 0 Å². The molecular weight excluding hydrogens is 395 g/mol. The number of hydrogen-bond donors (Lipinski definition) is 0. The summed E-state index contributed by atoms with van der Waals surface area (Å²) in [5, 5.41) is 0. The molecule has 0 fully saturated rings. The van der Waals surface area contributed by atoms with E-state index in [-0.39, 0.29) is 5.97 Å². The van der Waals surface area contributed by atoms with E-state index >= 15 is 0 Å². The topological polar surface area (TPSA) is 26.3 Å². The molecule has 0 bridgehead atoms. The van der Waals surface area contributed by atoms with Gasteiger partial charge in [-0.15, -0.1) is 0 Å². The van der Waals surface area contributed by atoms with E-state index in [0.29, 0.717) is 0 Å². The maximum atomic E-state index is 11.8. The summed E-state index contributed by atoms with van der Waals surface area (Å²) in [6.45, 7) is 0. The van der Waals surface area contributed by atoms with Gasteiger partial charge in [0.25, 0.3) is 0 Å². The standard InChI is InChI=1S/C13H8BrIO2/c14-9-6-7-11-12(8-9)15(17-13(11)16)10-4-2-1-3-5-10/h1-8H. The van der Waals surface area contributed by atoms with Gasteiger partial charge in [0.1, 0.15) is 0 Å². The summed E-state index contributed by atoms with van der Waals surface area (Å²) in [6, 6.07) is 15.7. The van der Waals surface area contributed by atoms with Gasteiger partial charge in [-0.3, -0.25) is 0 Å². The Labute approximate surface area is 115 Å². The third-order valence-electron chi connectivity index (χ3n) is 2.41. The second-order valence-electron chi connectivity index (χ2n) is 3.53. The zero-order chi connectivity index (χ0) is 11.8. The Kier molecular flexibility index (Phi) is 2.92. The first-order chi connectivity index (χ1) is 8.25. The molecule has 2 aromatic carbocycles. The first-order valence-corrected chi connectivity index (χ1v) is 8.86. The van der Waals surface area contributed by atoms with Crippen LogP contribution in [0.15, 0.2) is 53.0 Å². The van der Waals surface area contributed by atoms with E-state index in [4.69, 9.17) is 3.07 Å². The van der Waals surface area contributed by atoms with Crippen molar-refractivity contribution in [2.45, 2.75) is 0 Å². The summed E-state index contributed by atoms with van der Waals surface area (Å²) in [7, 11) is 0. The van der Waals surface area contributed by atoms with Gasteiger partial charge < -0.3 is 0 Å². The van der Waals surface area contributed by atoms with Crippen molar-refractivity contribution in [2.75, 3.05) is 0 Å². The van der Waals surface area contributed by atoms with Gasteiger partial charge in [-0.25, -0.2) is 0 Å². The third-order valence-corrected chi connectivity index (χ3v) is 7.55. The average Bonchev–Trinajstić information content (AvgIpc) is 2.67. The predicted molar refractivity (Wildman–Crippen MR) is 77.4 cm³/mol. The van der Waals surface area contributed by atoms with Crippen LogP contribution in [0.2, 0.25) is 0 Å². The van der Waals surface area contributed by atoms with E-state index < -0.39 is 20.2 Å². The van der Waals surface area contributed by atoms with Crippen molar-refractivity contribution in [3.63, 3.8) is 0 Å². The summed E-state index contributed by atoms with van der Waals surface area (Å²) in [5.74, 6) is -0.179. The quantitative estimate of drug-likeness (QED) is 0.672. The SMILES string of the molecule is O=C1OI(c2ccccc2)c2cc(Br)ccc21. The van der Waals surface area contributed by atoms with Gasteiger partial charge in [0, 0.05) is 0 Å². The Morgan fingerprint density at radius 2 is 1.82 bits per heavy atom. The molecule has 0 unspecified atom stereocenters. The molecule has 0 saturated carbocycles. The number of fused-ring (bicyclic) bond motifs is 1. The van der Waals surface area contributed by atoms with Crippen molar-refractivity contribution in [3.05, 3.63) is 65.7 Å². The second-order valence-corrected chi connectivity index (χ2v) is 8.72. The van der Waals surface area contributed by atoms with Crippen LogP contribution >= 0.6 is 36.2 Å². The van der Waals surface area contributed by atoms with E-state index in [2.05, 4.69) is 15.9 Å². The van der Waals surface area contributed by atoms with Crippen LogP contribution in [-0.2, 0) is 3.07 Å². The van der Waals surface area contributed by atoms with Crippen molar-refractivity contribution in [3.8, 4) is 0 Å². The molecule has 0 N–H and O–H groups in total. The maximum absolute atomic E-state index is 11.8. The fraction of sp³-hybridized carbons (Fsp3) is 0. The number of benzene rings is 2. The third kappa shape index (κ3) is 1.99. The van der Waals surface area contributed by atoms with Crippen LogP contribution < -0.4 is 0 Å². The van der Waals surface area contributed by atoms with Crippen molar-refractivity contribution in [1.29, 1.82) is 0 Å². The van der Waals surface area contributed by atoms with Crippen LogP contribution in [0.5, 0.6) is 0 Å². The molecule has 1 aliphatic rings. The Morgan fingerprint density at radius 3 is 2.59 bits per heavy atom. The van der Waals surface area contributed by atoms with Gasteiger partial charge in [0.2, 0.25) is 0 Å². The van der Waals surface area contributed by atoms with Gasteiger partial charge in [0.05, 0.1) is 0 Å². The molecular formula is C13H8BrIO2. The molecule has 4 heteroatoms. The summed E-state index contributed by atoms with van der Waals surface area (Å²) >= 11 is 1.45. The Balaban J connectivity index is 2.13. The first-order valence-electron chi connectivity index (χ1n) is 5.03. The monoisotopic (exact) mass is 402 g/mol. The fourth-order valence-electron chi connectivity index (χ4n) is 1.64. The van der Waals surface area contributed by atoms with E-state index in [1.165, 1.54) is 0 Å². The molecule has 0 amide bonds. The minimum atomic E-state index is -2.00. The second kappa shape index (κ2) is 4.42. The average molecular weight is 403 g/mol. The van der Waals surface area contributed by atoms with Crippen LogP contribution in [-0.4, -0.2) is 5.97 Å². The molecule has 0 saturated heterocycles. The number of hydrogen-bond acceptors (Lipinski definition) is 2. The van der Waals surface area contributed by atoms with Gasteiger partial charge >= 0.3 is 116 Å². The van der Waals surface area contributed by atoms with Crippen molar-refractivity contribution >= 4 is 42.1 Å². The molecule has 17 heavy (non-hydrogen) atoms. The van der Waals surface area contributed by atoms with Gasteiger partial charge in [-0.05, 0) is 0 Å². The Hall–Kier alpha value is -0.880. The molecule has 0 aromatic heterocycles. The van der Waals surface area contributed by atoms with Crippen LogP contribution in [0, 0.1) is 7.14 Å². The van der Waals surface area contributed by atoms with Gasteiger partial charge in [-0.2, -0.15) is 0 Å². The zero-order valence-electron chi connectivity index (χ0n) is 8.69. The first kappa shape index (κ1) is 11.2. The summed E-state index contributed by atoms with van der Waals surface area (Å²) in [4.78, 5) is 11.8. The number of rotatable bonds is 1. The molecule has 86 valence electrons. The molecule has 2 nitrogen and oxygen atoms in total. The van der Waals surface area contributed by atoms with Crippen molar-refractivity contribution in [1.82, 2.24) is 0 Å². The molecule has 0 aliphatic carbocycles. The van der Waals surface area contributed by atoms with Gasteiger partial charge in [0.15, 0.2) is 0 Å². The minimum absolute atomic E-state index is 0.179. The number of halogens is 2. The van der Waals surface area contributed by atoms with E-state index in [1.54, 1.807) is 0 Å². The van der Waals surface area contributed by atoms with Crippen molar-refractivity contribution < 1.29 is 7.86 Å². The normalized spacial score (nSPS) is 15.6. The molecule has 1 aliphatic heterocycles. The molecule has 3 rings (SSSR count). The Bertz CT molecular complexity index is 583. The molecule has 0 spiro atoms. The fourth-order valence-corrected chi connectivity index (χ4v) is 6.84.